The standard InChI is InChI=1S/C18H25NO4/c1-13(2)23-16-7-5-14(6-8-16)17(20)9-11-19-10-3-4-15(12-19)18(21)22/h5-8,13,15H,3-4,9-12H2,1-2H3,(H,21,22). The van der Waals surface area contributed by atoms with Crippen LogP contribution in [-0.4, -0.2) is 47.5 Å². The zero-order valence-corrected chi connectivity index (χ0v) is 13.8. The summed E-state index contributed by atoms with van der Waals surface area (Å²) in [5, 5.41) is 9.09. The predicted molar refractivity (Wildman–Crippen MR) is 88.0 cm³/mol. The maximum atomic E-state index is 12.3. The van der Waals surface area contributed by atoms with Gasteiger partial charge in [-0.2, -0.15) is 0 Å². The molecule has 0 radical (unpaired) electrons. The lowest BCUT2D eigenvalue weighted by Gasteiger charge is -2.30. The summed E-state index contributed by atoms with van der Waals surface area (Å²) in [5.74, 6) is -0.191. The van der Waals surface area contributed by atoms with Crippen molar-refractivity contribution in [3.63, 3.8) is 0 Å². The Morgan fingerprint density at radius 1 is 1.30 bits per heavy atom. The number of ketones is 1. The van der Waals surface area contributed by atoms with E-state index in [2.05, 4.69) is 4.90 Å². The van der Waals surface area contributed by atoms with Crippen LogP contribution in [0.15, 0.2) is 24.3 Å². The van der Waals surface area contributed by atoms with Gasteiger partial charge < -0.3 is 14.7 Å². The fraction of sp³-hybridized carbons (Fsp3) is 0.556. The van der Waals surface area contributed by atoms with Crippen LogP contribution in [0.5, 0.6) is 5.75 Å². The number of rotatable bonds is 7. The van der Waals surface area contributed by atoms with Crippen LogP contribution in [-0.2, 0) is 4.79 Å². The molecule has 1 aliphatic heterocycles. The highest BCUT2D eigenvalue weighted by Gasteiger charge is 2.25. The summed E-state index contributed by atoms with van der Waals surface area (Å²) in [5.41, 5.74) is 0.674. The zero-order chi connectivity index (χ0) is 16.8. The van der Waals surface area contributed by atoms with E-state index in [1.54, 1.807) is 12.1 Å². The monoisotopic (exact) mass is 319 g/mol. The van der Waals surface area contributed by atoms with Crippen LogP contribution in [0.1, 0.15) is 43.5 Å². The molecule has 1 aliphatic rings. The third kappa shape index (κ3) is 5.36. The third-order valence-corrected chi connectivity index (χ3v) is 4.06. The molecule has 1 aromatic carbocycles. The minimum Gasteiger partial charge on any atom is -0.491 e. The van der Waals surface area contributed by atoms with Crippen molar-refractivity contribution in [2.24, 2.45) is 5.92 Å². The number of aliphatic carboxylic acids is 1. The quantitative estimate of drug-likeness (QED) is 0.783. The summed E-state index contributed by atoms with van der Waals surface area (Å²) in [4.78, 5) is 25.4. The van der Waals surface area contributed by atoms with Gasteiger partial charge in [0.15, 0.2) is 5.78 Å². The number of nitrogens with zero attached hydrogens (tertiary/aromatic N) is 1. The summed E-state index contributed by atoms with van der Waals surface area (Å²) < 4.78 is 5.56. The molecule has 1 atom stereocenters. The Labute approximate surface area is 137 Å². The molecule has 1 saturated heterocycles. The number of carbonyl (C=O) groups excluding carboxylic acids is 1. The molecule has 1 aromatic rings. The Bertz CT molecular complexity index is 538. The number of carboxylic acids is 1. The third-order valence-electron chi connectivity index (χ3n) is 4.06. The van der Waals surface area contributed by atoms with E-state index in [0.717, 1.165) is 25.1 Å². The smallest absolute Gasteiger partial charge is 0.307 e. The number of carbonyl (C=O) groups is 2. The largest absolute Gasteiger partial charge is 0.491 e. The minimum atomic E-state index is -0.734. The first-order valence-electron chi connectivity index (χ1n) is 8.21. The van der Waals surface area contributed by atoms with Crippen molar-refractivity contribution in [3.05, 3.63) is 29.8 Å². The van der Waals surface area contributed by atoms with Gasteiger partial charge in [0.1, 0.15) is 5.75 Å². The number of carboxylic acid groups (broad SMARTS) is 1. The lowest BCUT2D eigenvalue weighted by Crippen LogP contribution is -2.39. The summed E-state index contributed by atoms with van der Waals surface area (Å²) in [7, 11) is 0. The minimum absolute atomic E-state index is 0.0820. The van der Waals surface area contributed by atoms with Gasteiger partial charge in [0.05, 0.1) is 12.0 Å². The van der Waals surface area contributed by atoms with Crippen molar-refractivity contribution >= 4 is 11.8 Å². The number of ether oxygens (including phenoxy) is 1. The molecule has 0 bridgehead atoms. The molecule has 5 heteroatoms. The number of likely N-dealkylation sites (tertiary alicyclic amines) is 1. The fourth-order valence-corrected chi connectivity index (χ4v) is 2.86. The van der Waals surface area contributed by atoms with Gasteiger partial charge in [-0.05, 0) is 57.5 Å². The van der Waals surface area contributed by atoms with E-state index >= 15 is 0 Å². The second-order valence-corrected chi connectivity index (χ2v) is 6.34. The highest BCUT2D eigenvalue weighted by molar-refractivity contribution is 5.96. The first-order chi connectivity index (χ1) is 11.0. The number of hydrogen-bond donors (Lipinski definition) is 1. The normalized spacial score (nSPS) is 18.8. The van der Waals surface area contributed by atoms with Crippen molar-refractivity contribution in [2.45, 2.75) is 39.2 Å². The van der Waals surface area contributed by atoms with Gasteiger partial charge in [0, 0.05) is 25.1 Å². The Hall–Kier alpha value is -1.88. The molecule has 0 aliphatic carbocycles. The van der Waals surface area contributed by atoms with Gasteiger partial charge >= 0.3 is 5.97 Å². The molecule has 126 valence electrons. The number of Topliss-reactive ketones (excluding diaryl/α,β-unsaturated/α-hetero) is 1. The van der Waals surface area contributed by atoms with Crippen molar-refractivity contribution in [3.8, 4) is 5.75 Å². The van der Waals surface area contributed by atoms with Crippen LogP contribution in [0.3, 0.4) is 0 Å². The van der Waals surface area contributed by atoms with Gasteiger partial charge in [-0.1, -0.05) is 0 Å². The number of piperidine rings is 1. The Morgan fingerprint density at radius 2 is 2.00 bits per heavy atom. The first kappa shape index (κ1) is 17.5. The van der Waals surface area contributed by atoms with E-state index in [4.69, 9.17) is 9.84 Å². The molecule has 2 rings (SSSR count). The number of hydrogen-bond acceptors (Lipinski definition) is 4. The Kier molecular flexibility index (Phi) is 6.16. The maximum Gasteiger partial charge on any atom is 0.307 e. The average Bonchev–Trinajstić information content (AvgIpc) is 2.53. The van der Waals surface area contributed by atoms with Crippen molar-refractivity contribution < 1.29 is 19.4 Å². The summed E-state index contributed by atoms with van der Waals surface area (Å²) in [6, 6.07) is 7.20. The average molecular weight is 319 g/mol. The second kappa shape index (κ2) is 8.11. The van der Waals surface area contributed by atoms with Crippen molar-refractivity contribution in [2.75, 3.05) is 19.6 Å². The SMILES string of the molecule is CC(C)Oc1ccc(C(=O)CCN2CCCC(C(=O)O)C2)cc1. The molecule has 23 heavy (non-hydrogen) atoms. The Morgan fingerprint density at radius 3 is 2.61 bits per heavy atom. The lowest BCUT2D eigenvalue weighted by molar-refractivity contribution is -0.143. The van der Waals surface area contributed by atoms with Crippen LogP contribution in [0.25, 0.3) is 0 Å². The molecule has 1 fully saturated rings. The summed E-state index contributed by atoms with van der Waals surface area (Å²) in [6.45, 7) is 5.96. The molecular weight excluding hydrogens is 294 g/mol. The molecule has 1 unspecified atom stereocenters. The van der Waals surface area contributed by atoms with Crippen molar-refractivity contribution in [1.82, 2.24) is 4.90 Å². The molecule has 0 aromatic heterocycles. The molecule has 0 saturated carbocycles. The molecule has 1 heterocycles. The van der Waals surface area contributed by atoms with Gasteiger partial charge in [0.2, 0.25) is 0 Å². The lowest BCUT2D eigenvalue weighted by atomic mass is 9.98. The van der Waals surface area contributed by atoms with Gasteiger partial charge in [-0.25, -0.2) is 0 Å². The van der Waals surface area contributed by atoms with Crippen LogP contribution < -0.4 is 4.74 Å². The highest BCUT2D eigenvalue weighted by Crippen LogP contribution is 2.18. The van der Waals surface area contributed by atoms with E-state index in [-0.39, 0.29) is 17.8 Å². The summed E-state index contributed by atoms with van der Waals surface area (Å²) in [6.07, 6.45) is 2.14. The molecule has 5 nitrogen and oxygen atoms in total. The summed E-state index contributed by atoms with van der Waals surface area (Å²) >= 11 is 0. The van der Waals surface area contributed by atoms with E-state index in [0.29, 0.717) is 25.1 Å². The van der Waals surface area contributed by atoms with Crippen molar-refractivity contribution in [1.29, 1.82) is 0 Å². The topological polar surface area (TPSA) is 66.8 Å². The van der Waals surface area contributed by atoms with Gasteiger partial charge in [0.25, 0.3) is 0 Å². The fourth-order valence-electron chi connectivity index (χ4n) is 2.86. The maximum absolute atomic E-state index is 12.3. The highest BCUT2D eigenvalue weighted by atomic mass is 16.5. The number of benzene rings is 1. The predicted octanol–water partition coefficient (Wildman–Crippen LogP) is 2.84. The van der Waals surface area contributed by atoms with Crippen LogP contribution in [0, 0.1) is 5.92 Å². The van der Waals surface area contributed by atoms with Gasteiger partial charge in [-0.3, -0.25) is 9.59 Å². The van der Waals surface area contributed by atoms with E-state index < -0.39 is 5.97 Å². The van der Waals surface area contributed by atoms with Gasteiger partial charge in [-0.15, -0.1) is 0 Å². The van der Waals surface area contributed by atoms with E-state index in [1.165, 1.54) is 0 Å². The van der Waals surface area contributed by atoms with Crippen LogP contribution in [0.4, 0.5) is 0 Å². The molecule has 0 spiro atoms. The van der Waals surface area contributed by atoms with E-state index in [9.17, 15) is 9.59 Å². The Balaban J connectivity index is 1.83. The molecule has 0 amide bonds. The van der Waals surface area contributed by atoms with Crippen LogP contribution in [0.2, 0.25) is 0 Å². The molecule has 1 N–H and O–H groups in total. The first-order valence-corrected chi connectivity index (χ1v) is 8.21. The second-order valence-electron chi connectivity index (χ2n) is 6.34. The van der Waals surface area contributed by atoms with E-state index in [1.807, 2.05) is 26.0 Å². The van der Waals surface area contributed by atoms with Crippen LogP contribution >= 0.6 is 0 Å². The zero-order valence-electron chi connectivity index (χ0n) is 13.8. The molecular formula is C18H25NO4.